The van der Waals surface area contributed by atoms with Gasteiger partial charge in [-0.2, -0.15) is 4.89 Å². The quantitative estimate of drug-likeness (QED) is 0.260. The third kappa shape index (κ3) is 6.94. The van der Waals surface area contributed by atoms with Crippen molar-refractivity contribution in [1.29, 1.82) is 0 Å². The molecule has 0 unspecified atom stereocenters. The highest BCUT2D eigenvalue weighted by molar-refractivity contribution is 5.86. The van der Waals surface area contributed by atoms with E-state index in [9.17, 15) is 9.59 Å². The van der Waals surface area contributed by atoms with Crippen molar-refractivity contribution in [2.45, 2.75) is 26.4 Å². The van der Waals surface area contributed by atoms with Gasteiger partial charge in [-0.05, 0) is 31.4 Å². The molecule has 1 aromatic carbocycles. The van der Waals surface area contributed by atoms with Gasteiger partial charge in [0.2, 0.25) is 0 Å². The van der Waals surface area contributed by atoms with Crippen molar-refractivity contribution in [3.8, 4) is 0 Å². The molecular formula is C16H21NO6. The fourth-order valence-corrected chi connectivity index (χ4v) is 1.47. The van der Waals surface area contributed by atoms with Gasteiger partial charge in [0, 0.05) is 5.57 Å². The van der Waals surface area contributed by atoms with Crippen LogP contribution < -0.4 is 5.32 Å². The van der Waals surface area contributed by atoms with Gasteiger partial charge in [-0.15, -0.1) is 0 Å². The molecule has 0 aliphatic heterocycles. The Kier molecular flexibility index (Phi) is 7.24. The summed E-state index contributed by atoms with van der Waals surface area (Å²) in [4.78, 5) is 31.9. The van der Waals surface area contributed by atoms with Crippen molar-refractivity contribution in [3.05, 3.63) is 48.0 Å². The second kappa shape index (κ2) is 8.92. The van der Waals surface area contributed by atoms with E-state index in [-0.39, 0.29) is 18.7 Å². The highest BCUT2D eigenvalue weighted by Crippen LogP contribution is 2.24. The fraction of sp³-hybridized carbons (Fsp3) is 0.375. The van der Waals surface area contributed by atoms with Crippen molar-refractivity contribution >= 4 is 12.1 Å². The molecule has 23 heavy (non-hydrogen) atoms. The first-order valence-electron chi connectivity index (χ1n) is 7.01. The number of rotatable bonds is 8. The molecule has 0 atom stereocenters. The molecule has 0 saturated heterocycles. The van der Waals surface area contributed by atoms with Gasteiger partial charge in [-0.1, -0.05) is 36.9 Å². The number of esters is 1. The third-order valence-corrected chi connectivity index (χ3v) is 2.77. The van der Waals surface area contributed by atoms with E-state index in [4.69, 9.17) is 9.62 Å². The number of hydrogen-bond acceptors (Lipinski definition) is 6. The first-order chi connectivity index (χ1) is 10.8. The van der Waals surface area contributed by atoms with E-state index < -0.39 is 17.7 Å². The molecule has 1 aromatic rings. The average Bonchev–Trinajstić information content (AvgIpc) is 2.52. The van der Waals surface area contributed by atoms with Crippen LogP contribution in [0.15, 0.2) is 42.5 Å². The van der Waals surface area contributed by atoms with Gasteiger partial charge in [0.1, 0.15) is 12.2 Å². The molecule has 7 heteroatoms. The zero-order valence-electron chi connectivity index (χ0n) is 13.5. The Morgan fingerprint density at radius 3 is 2.48 bits per heavy atom. The Labute approximate surface area is 135 Å². The van der Waals surface area contributed by atoms with Gasteiger partial charge in [-0.25, -0.2) is 14.5 Å². The predicted molar refractivity (Wildman–Crippen MR) is 81.9 cm³/mol. The number of nitrogens with one attached hydrogen (secondary N) is 1. The first kappa shape index (κ1) is 18.7. The molecule has 7 nitrogen and oxygen atoms in total. The topological polar surface area (TPSA) is 83.1 Å². The van der Waals surface area contributed by atoms with Crippen LogP contribution in [0.25, 0.3) is 0 Å². The molecule has 1 amide bonds. The van der Waals surface area contributed by atoms with E-state index >= 15 is 0 Å². The van der Waals surface area contributed by atoms with E-state index in [0.29, 0.717) is 0 Å². The third-order valence-electron chi connectivity index (χ3n) is 2.77. The van der Waals surface area contributed by atoms with Crippen LogP contribution in [-0.2, 0) is 29.9 Å². The van der Waals surface area contributed by atoms with Crippen molar-refractivity contribution < 1.29 is 29.1 Å². The van der Waals surface area contributed by atoms with Crippen LogP contribution in [-0.4, -0.2) is 25.2 Å². The molecule has 0 radical (unpaired) electrons. The van der Waals surface area contributed by atoms with Crippen molar-refractivity contribution in [3.63, 3.8) is 0 Å². The average molecular weight is 323 g/mol. The minimum absolute atomic E-state index is 0.00282. The maximum atomic E-state index is 11.3. The Hall–Kier alpha value is -2.38. The lowest BCUT2D eigenvalue weighted by Crippen LogP contribution is -2.30. The van der Waals surface area contributed by atoms with Crippen LogP contribution in [0.5, 0.6) is 0 Å². The Balaban J connectivity index is 2.21. The Morgan fingerprint density at radius 2 is 1.87 bits per heavy atom. The van der Waals surface area contributed by atoms with Crippen LogP contribution in [0.2, 0.25) is 0 Å². The minimum atomic E-state index is -0.861. The molecule has 0 aliphatic carbocycles. The molecule has 0 bridgehead atoms. The number of benzene rings is 1. The molecule has 0 heterocycles. The summed E-state index contributed by atoms with van der Waals surface area (Å²) in [5, 5.41) is 6.83. The van der Waals surface area contributed by atoms with Gasteiger partial charge in [0.15, 0.2) is 0 Å². The van der Waals surface area contributed by atoms with Crippen molar-refractivity contribution in [2.24, 2.45) is 0 Å². The summed E-state index contributed by atoms with van der Waals surface area (Å²) in [6.07, 6.45) is -0.861. The summed E-state index contributed by atoms with van der Waals surface area (Å²) in [5.41, 5.74) is 0.349. The van der Waals surface area contributed by atoms with E-state index in [1.807, 2.05) is 30.3 Å². The molecule has 0 aromatic heterocycles. The maximum Gasteiger partial charge on any atom is 0.442 e. The minimum Gasteiger partial charge on any atom is -0.460 e. The molecule has 1 N–H and O–H groups in total. The molecule has 0 fully saturated rings. The van der Waals surface area contributed by atoms with Gasteiger partial charge in [0.25, 0.3) is 0 Å². The summed E-state index contributed by atoms with van der Waals surface area (Å²) in [6, 6.07) is 9.32. The second-order valence-electron chi connectivity index (χ2n) is 5.24. The molecule has 0 aliphatic rings. The zero-order valence-corrected chi connectivity index (χ0v) is 13.5. The van der Waals surface area contributed by atoms with Gasteiger partial charge >= 0.3 is 12.1 Å². The van der Waals surface area contributed by atoms with Gasteiger partial charge in [-0.3, -0.25) is 0 Å². The van der Waals surface area contributed by atoms with E-state index in [1.165, 1.54) is 6.92 Å². The lowest BCUT2D eigenvalue weighted by Gasteiger charge is -2.22. The number of carbonyl (C=O) groups is 2. The lowest BCUT2D eigenvalue weighted by molar-refractivity contribution is -0.516. The van der Waals surface area contributed by atoms with Crippen LogP contribution >= 0.6 is 0 Å². The summed E-state index contributed by atoms with van der Waals surface area (Å²) < 4.78 is 4.79. The predicted octanol–water partition coefficient (Wildman–Crippen LogP) is 2.63. The lowest BCUT2D eigenvalue weighted by atomic mass is 9.99. The first-order valence-corrected chi connectivity index (χ1v) is 7.01. The molecular weight excluding hydrogens is 302 g/mol. The molecule has 0 saturated carbocycles. The summed E-state index contributed by atoms with van der Waals surface area (Å²) in [5.74, 6) is -0.524. The summed E-state index contributed by atoms with van der Waals surface area (Å²) >= 11 is 0. The van der Waals surface area contributed by atoms with Crippen LogP contribution in [0.1, 0.15) is 26.3 Å². The number of amides is 1. The second-order valence-corrected chi connectivity index (χ2v) is 5.24. The van der Waals surface area contributed by atoms with Crippen LogP contribution in [0.4, 0.5) is 4.79 Å². The number of carbonyl (C=O) groups excluding carboxylic acids is 2. The zero-order chi connectivity index (χ0) is 17.3. The Bertz CT molecular complexity index is 541. The monoisotopic (exact) mass is 323 g/mol. The summed E-state index contributed by atoms with van der Waals surface area (Å²) in [6.45, 7) is 8.56. The Morgan fingerprint density at radius 1 is 1.22 bits per heavy atom. The highest BCUT2D eigenvalue weighted by Gasteiger charge is 2.23. The van der Waals surface area contributed by atoms with E-state index in [0.717, 1.165) is 5.56 Å². The fourth-order valence-electron chi connectivity index (χ4n) is 1.47. The van der Waals surface area contributed by atoms with Gasteiger partial charge in [0.05, 0.1) is 6.54 Å². The maximum absolute atomic E-state index is 11.3. The van der Waals surface area contributed by atoms with Crippen molar-refractivity contribution in [2.75, 3.05) is 13.2 Å². The van der Waals surface area contributed by atoms with Crippen molar-refractivity contribution in [1.82, 2.24) is 5.32 Å². The molecule has 1 rings (SSSR count). The molecule has 0 spiro atoms. The summed E-state index contributed by atoms with van der Waals surface area (Å²) in [7, 11) is 0. The van der Waals surface area contributed by atoms with Crippen LogP contribution in [0.3, 0.4) is 0 Å². The highest BCUT2D eigenvalue weighted by atomic mass is 17.5. The standard InChI is InChI=1S/C16H21NO6/c1-12(2)14(18)20-11-10-17-15(19)21-23-22-16(3,4)13-8-6-5-7-9-13/h5-9H,1,10-11H2,2-4H3,(H,17,19). The SMILES string of the molecule is C=C(C)C(=O)OCCNC(=O)OOOC(C)(C)c1ccccc1. The van der Waals surface area contributed by atoms with Crippen LogP contribution in [0, 0.1) is 0 Å². The molecule has 126 valence electrons. The van der Waals surface area contributed by atoms with Gasteiger partial charge < -0.3 is 10.1 Å². The normalized spacial score (nSPS) is 10.7. The van der Waals surface area contributed by atoms with E-state index in [1.54, 1.807) is 13.8 Å². The number of ether oxygens (including phenoxy) is 1. The largest absolute Gasteiger partial charge is 0.460 e. The number of hydrogen-bond donors (Lipinski definition) is 1. The smallest absolute Gasteiger partial charge is 0.442 e. The van der Waals surface area contributed by atoms with E-state index in [2.05, 4.69) is 21.8 Å².